The number of hydrogen-bond donors (Lipinski definition) is 1. The zero-order valence-electron chi connectivity index (χ0n) is 11.1. The van der Waals surface area contributed by atoms with Crippen LogP contribution in [-0.4, -0.2) is 19.1 Å². The predicted molar refractivity (Wildman–Crippen MR) is 76.5 cm³/mol. The van der Waals surface area contributed by atoms with E-state index in [0.717, 1.165) is 0 Å². The Hall–Kier alpha value is -3.00. The second kappa shape index (κ2) is 5.55. The number of benzene rings is 2. The lowest BCUT2D eigenvalue weighted by molar-refractivity contribution is 0.102. The van der Waals surface area contributed by atoms with Crippen molar-refractivity contribution in [3.05, 3.63) is 53.6 Å². The average molecular weight is 280 g/mol. The van der Waals surface area contributed by atoms with Crippen molar-refractivity contribution in [2.75, 3.05) is 18.5 Å². The smallest absolute Gasteiger partial charge is 0.255 e. The van der Waals surface area contributed by atoms with E-state index in [1.165, 1.54) is 0 Å². The minimum Gasteiger partial charge on any atom is -0.486 e. The summed E-state index contributed by atoms with van der Waals surface area (Å²) in [6.07, 6.45) is 0. The SMILES string of the molecule is N#Cc1cccc(C(=O)Nc2ccc3c(c2)OCCO3)c1. The molecule has 1 heterocycles. The van der Waals surface area contributed by atoms with Gasteiger partial charge in [-0.1, -0.05) is 6.07 Å². The number of carbonyl (C=O) groups is 1. The molecule has 2 aromatic carbocycles. The standard InChI is InChI=1S/C16H12N2O3/c17-10-11-2-1-3-12(8-11)16(19)18-13-4-5-14-15(9-13)21-7-6-20-14/h1-5,8-9H,6-7H2,(H,18,19). The molecule has 0 unspecified atom stereocenters. The first-order valence-corrected chi connectivity index (χ1v) is 6.47. The van der Waals surface area contributed by atoms with Gasteiger partial charge < -0.3 is 14.8 Å². The second-order valence-electron chi connectivity index (χ2n) is 4.51. The van der Waals surface area contributed by atoms with Gasteiger partial charge in [0, 0.05) is 17.3 Å². The fourth-order valence-electron chi connectivity index (χ4n) is 2.05. The lowest BCUT2D eigenvalue weighted by Gasteiger charge is -2.19. The summed E-state index contributed by atoms with van der Waals surface area (Å²) in [4.78, 5) is 12.2. The number of amides is 1. The van der Waals surface area contributed by atoms with Crippen molar-refractivity contribution in [1.29, 1.82) is 5.26 Å². The number of carbonyl (C=O) groups excluding carboxylic acids is 1. The molecule has 2 aromatic rings. The molecule has 0 saturated heterocycles. The van der Waals surface area contributed by atoms with Crippen LogP contribution in [0.1, 0.15) is 15.9 Å². The van der Waals surface area contributed by atoms with Crippen LogP contribution in [-0.2, 0) is 0 Å². The molecule has 0 spiro atoms. The number of fused-ring (bicyclic) bond motifs is 1. The van der Waals surface area contributed by atoms with Crippen molar-refractivity contribution in [3.8, 4) is 17.6 Å². The topological polar surface area (TPSA) is 71.4 Å². The first-order chi connectivity index (χ1) is 10.3. The number of anilines is 1. The van der Waals surface area contributed by atoms with Crippen molar-refractivity contribution in [1.82, 2.24) is 0 Å². The van der Waals surface area contributed by atoms with Crippen LogP contribution < -0.4 is 14.8 Å². The Kier molecular flexibility index (Phi) is 3.44. The van der Waals surface area contributed by atoms with Gasteiger partial charge in [-0.05, 0) is 30.3 Å². The molecule has 1 aliphatic heterocycles. The molecule has 0 saturated carbocycles. The van der Waals surface area contributed by atoms with Gasteiger partial charge in [0.1, 0.15) is 13.2 Å². The van der Waals surface area contributed by atoms with Gasteiger partial charge in [-0.15, -0.1) is 0 Å². The van der Waals surface area contributed by atoms with Crippen LogP contribution in [0.25, 0.3) is 0 Å². The molecular formula is C16H12N2O3. The lowest BCUT2D eigenvalue weighted by atomic mass is 10.1. The summed E-state index contributed by atoms with van der Waals surface area (Å²) in [5.41, 5.74) is 1.50. The number of hydrogen-bond acceptors (Lipinski definition) is 4. The van der Waals surface area contributed by atoms with Crippen molar-refractivity contribution in [2.45, 2.75) is 0 Å². The van der Waals surface area contributed by atoms with Gasteiger partial charge in [0.15, 0.2) is 11.5 Å². The van der Waals surface area contributed by atoms with E-state index >= 15 is 0 Å². The van der Waals surface area contributed by atoms with Gasteiger partial charge in [0.05, 0.1) is 11.6 Å². The molecule has 0 fully saturated rings. The molecule has 1 amide bonds. The maximum Gasteiger partial charge on any atom is 0.255 e. The van der Waals surface area contributed by atoms with Gasteiger partial charge in [-0.3, -0.25) is 4.79 Å². The normalized spacial score (nSPS) is 12.3. The maximum atomic E-state index is 12.2. The summed E-state index contributed by atoms with van der Waals surface area (Å²) in [5.74, 6) is 1.01. The highest BCUT2D eigenvalue weighted by Crippen LogP contribution is 2.32. The van der Waals surface area contributed by atoms with Gasteiger partial charge in [0.2, 0.25) is 0 Å². The molecule has 21 heavy (non-hydrogen) atoms. The zero-order chi connectivity index (χ0) is 14.7. The molecule has 5 nitrogen and oxygen atoms in total. The summed E-state index contributed by atoms with van der Waals surface area (Å²) < 4.78 is 10.9. The molecule has 104 valence electrons. The fourth-order valence-corrected chi connectivity index (χ4v) is 2.05. The van der Waals surface area contributed by atoms with E-state index in [1.54, 1.807) is 42.5 Å². The van der Waals surface area contributed by atoms with E-state index in [9.17, 15) is 4.79 Å². The van der Waals surface area contributed by atoms with Crippen molar-refractivity contribution in [2.24, 2.45) is 0 Å². The Labute approximate surface area is 121 Å². The molecule has 0 bridgehead atoms. The molecule has 3 rings (SSSR count). The van der Waals surface area contributed by atoms with Crippen LogP contribution in [0.3, 0.4) is 0 Å². The van der Waals surface area contributed by atoms with Crippen molar-refractivity contribution >= 4 is 11.6 Å². The summed E-state index contributed by atoms with van der Waals surface area (Å²) in [7, 11) is 0. The van der Waals surface area contributed by atoms with Gasteiger partial charge >= 0.3 is 0 Å². The average Bonchev–Trinajstić information content (AvgIpc) is 2.54. The van der Waals surface area contributed by atoms with E-state index in [0.29, 0.717) is 41.5 Å². The summed E-state index contributed by atoms with van der Waals surface area (Å²) in [5, 5.41) is 11.6. The van der Waals surface area contributed by atoms with Crippen LogP contribution in [0.4, 0.5) is 5.69 Å². The van der Waals surface area contributed by atoms with E-state index < -0.39 is 0 Å². The third-order valence-corrected chi connectivity index (χ3v) is 3.05. The fraction of sp³-hybridized carbons (Fsp3) is 0.125. The number of nitrogens with one attached hydrogen (secondary N) is 1. The highest BCUT2D eigenvalue weighted by molar-refractivity contribution is 6.04. The summed E-state index contributed by atoms with van der Waals surface area (Å²) in [6, 6.07) is 13.8. The number of nitriles is 1. The Morgan fingerprint density at radius 3 is 2.71 bits per heavy atom. The van der Waals surface area contributed by atoms with Crippen LogP contribution in [0.15, 0.2) is 42.5 Å². The Morgan fingerprint density at radius 2 is 1.90 bits per heavy atom. The molecule has 0 radical (unpaired) electrons. The van der Waals surface area contributed by atoms with E-state index in [4.69, 9.17) is 14.7 Å². The van der Waals surface area contributed by atoms with Gasteiger partial charge in [-0.2, -0.15) is 5.26 Å². The zero-order valence-corrected chi connectivity index (χ0v) is 11.1. The molecular weight excluding hydrogens is 268 g/mol. The largest absolute Gasteiger partial charge is 0.486 e. The predicted octanol–water partition coefficient (Wildman–Crippen LogP) is 2.58. The van der Waals surface area contributed by atoms with Crippen molar-refractivity contribution < 1.29 is 14.3 Å². The van der Waals surface area contributed by atoms with Crippen LogP contribution >= 0.6 is 0 Å². The third-order valence-electron chi connectivity index (χ3n) is 3.05. The van der Waals surface area contributed by atoms with Gasteiger partial charge in [-0.25, -0.2) is 0 Å². The van der Waals surface area contributed by atoms with E-state index in [-0.39, 0.29) is 5.91 Å². The highest BCUT2D eigenvalue weighted by Gasteiger charge is 2.13. The summed E-state index contributed by atoms with van der Waals surface area (Å²) >= 11 is 0. The number of rotatable bonds is 2. The Morgan fingerprint density at radius 1 is 1.10 bits per heavy atom. The molecule has 0 atom stereocenters. The van der Waals surface area contributed by atoms with E-state index in [2.05, 4.69) is 5.32 Å². The molecule has 1 N–H and O–H groups in total. The first-order valence-electron chi connectivity index (χ1n) is 6.47. The second-order valence-corrected chi connectivity index (χ2v) is 4.51. The lowest BCUT2D eigenvalue weighted by Crippen LogP contribution is -2.16. The van der Waals surface area contributed by atoms with Crippen LogP contribution in [0, 0.1) is 11.3 Å². The molecule has 1 aliphatic rings. The number of ether oxygens (including phenoxy) is 2. The van der Waals surface area contributed by atoms with E-state index in [1.807, 2.05) is 6.07 Å². The Bertz CT molecular complexity index is 735. The van der Waals surface area contributed by atoms with Gasteiger partial charge in [0.25, 0.3) is 5.91 Å². The molecule has 5 heteroatoms. The van der Waals surface area contributed by atoms with Crippen LogP contribution in [0.5, 0.6) is 11.5 Å². The molecule has 0 aromatic heterocycles. The third kappa shape index (κ3) is 2.79. The minimum absolute atomic E-state index is 0.274. The molecule has 0 aliphatic carbocycles. The highest BCUT2D eigenvalue weighted by atomic mass is 16.6. The first kappa shape index (κ1) is 13.0. The monoisotopic (exact) mass is 280 g/mol. The summed E-state index contributed by atoms with van der Waals surface area (Å²) in [6.45, 7) is 1.02. The number of nitrogens with zero attached hydrogens (tertiary/aromatic N) is 1. The maximum absolute atomic E-state index is 12.2. The quantitative estimate of drug-likeness (QED) is 0.917. The van der Waals surface area contributed by atoms with Crippen molar-refractivity contribution in [3.63, 3.8) is 0 Å². The van der Waals surface area contributed by atoms with Crippen LogP contribution in [0.2, 0.25) is 0 Å². The Balaban J connectivity index is 1.80. The minimum atomic E-state index is -0.274.